The van der Waals surface area contributed by atoms with Gasteiger partial charge in [-0.2, -0.15) is 13.2 Å². The van der Waals surface area contributed by atoms with Crippen molar-refractivity contribution in [3.05, 3.63) is 53.6 Å². The Morgan fingerprint density at radius 2 is 1.95 bits per heavy atom. The Morgan fingerprint density at radius 1 is 1.24 bits per heavy atom. The van der Waals surface area contributed by atoms with Crippen LogP contribution in [0.4, 0.5) is 28.9 Å². The van der Waals surface area contributed by atoms with Gasteiger partial charge >= 0.3 is 6.18 Å². The Balaban J connectivity index is 2.40. The monoisotopic (exact) mass is 315 g/mol. The summed E-state index contributed by atoms with van der Waals surface area (Å²) < 4.78 is 51.2. The van der Waals surface area contributed by atoms with E-state index in [0.717, 1.165) is 6.07 Å². The van der Waals surface area contributed by atoms with Gasteiger partial charge in [-0.25, -0.2) is 4.39 Å². The fourth-order valence-electron chi connectivity index (χ4n) is 1.68. The molecule has 3 nitrogen and oxygen atoms in total. The van der Waals surface area contributed by atoms with Crippen LogP contribution in [0.15, 0.2) is 36.7 Å². The number of alkyl halides is 3. The molecule has 0 saturated heterocycles. The average Bonchev–Trinajstić information content (AvgIpc) is 2.40. The summed E-state index contributed by atoms with van der Waals surface area (Å²) >= 11 is 4.84. The number of hydrogen-bond acceptors (Lipinski definition) is 3. The standard InChI is InChI=1S/C13H9F4N3S/c14-10-2-1-7(5-9(10)13(15,16)17)20-11-6-19-4-3-8(11)12(18)21/h1-6,20H,(H2,18,21). The highest BCUT2D eigenvalue weighted by atomic mass is 32.1. The Kier molecular flexibility index (Phi) is 4.08. The second kappa shape index (κ2) is 5.65. The predicted octanol–water partition coefficient (Wildman–Crippen LogP) is 3.62. The van der Waals surface area contributed by atoms with E-state index >= 15 is 0 Å². The smallest absolute Gasteiger partial charge is 0.389 e. The highest BCUT2D eigenvalue weighted by molar-refractivity contribution is 7.80. The van der Waals surface area contributed by atoms with Crippen molar-refractivity contribution in [2.24, 2.45) is 5.73 Å². The van der Waals surface area contributed by atoms with Gasteiger partial charge in [0, 0.05) is 17.4 Å². The lowest BCUT2D eigenvalue weighted by atomic mass is 10.1. The quantitative estimate of drug-likeness (QED) is 0.671. The number of benzene rings is 1. The Labute approximate surface area is 122 Å². The van der Waals surface area contributed by atoms with E-state index in [0.29, 0.717) is 17.3 Å². The topological polar surface area (TPSA) is 50.9 Å². The van der Waals surface area contributed by atoms with E-state index in [2.05, 4.69) is 10.3 Å². The molecule has 0 fully saturated rings. The first-order valence-corrected chi connectivity index (χ1v) is 6.07. The molecule has 21 heavy (non-hydrogen) atoms. The van der Waals surface area contributed by atoms with E-state index in [9.17, 15) is 17.6 Å². The van der Waals surface area contributed by atoms with E-state index in [1.54, 1.807) is 0 Å². The van der Waals surface area contributed by atoms with Crippen molar-refractivity contribution in [3.63, 3.8) is 0 Å². The van der Waals surface area contributed by atoms with Crippen LogP contribution in [0.25, 0.3) is 0 Å². The molecule has 110 valence electrons. The van der Waals surface area contributed by atoms with Gasteiger partial charge in [0.05, 0.1) is 17.4 Å². The molecule has 0 amide bonds. The van der Waals surface area contributed by atoms with Gasteiger partial charge in [-0.1, -0.05) is 12.2 Å². The third kappa shape index (κ3) is 3.46. The lowest BCUT2D eigenvalue weighted by Gasteiger charge is -2.13. The first-order valence-electron chi connectivity index (χ1n) is 5.66. The SMILES string of the molecule is NC(=S)c1ccncc1Nc1ccc(F)c(C(F)(F)F)c1. The van der Waals surface area contributed by atoms with Crippen molar-refractivity contribution in [1.82, 2.24) is 4.98 Å². The minimum absolute atomic E-state index is 0.0502. The van der Waals surface area contributed by atoms with Crippen molar-refractivity contribution in [3.8, 4) is 0 Å². The zero-order valence-electron chi connectivity index (χ0n) is 10.4. The molecule has 1 heterocycles. The Morgan fingerprint density at radius 3 is 2.57 bits per heavy atom. The number of rotatable bonds is 3. The zero-order valence-corrected chi connectivity index (χ0v) is 11.2. The number of nitrogens with zero attached hydrogens (tertiary/aromatic N) is 1. The third-order valence-electron chi connectivity index (χ3n) is 2.64. The minimum Gasteiger partial charge on any atom is -0.389 e. The molecule has 3 N–H and O–H groups in total. The number of aromatic nitrogens is 1. The van der Waals surface area contributed by atoms with Crippen LogP contribution in [-0.2, 0) is 6.18 Å². The molecule has 8 heteroatoms. The van der Waals surface area contributed by atoms with Gasteiger partial charge in [0.25, 0.3) is 0 Å². The molecule has 0 radical (unpaired) electrons. The van der Waals surface area contributed by atoms with Crippen LogP contribution in [0.1, 0.15) is 11.1 Å². The zero-order chi connectivity index (χ0) is 15.6. The molecule has 2 aromatic rings. The Hall–Kier alpha value is -2.22. The number of hydrogen-bond donors (Lipinski definition) is 2. The fourth-order valence-corrected chi connectivity index (χ4v) is 1.86. The maximum Gasteiger partial charge on any atom is 0.419 e. The summed E-state index contributed by atoms with van der Waals surface area (Å²) in [7, 11) is 0. The van der Waals surface area contributed by atoms with Gasteiger partial charge in [-0.3, -0.25) is 4.98 Å². The number of nitrogens with two attached hydrogens (primary N) is 1. The van der Waals surface area contributed by atoms with Gasteiger partial charge < -0.3 is 11.1 Å². The van der Waals surface area contributed by atoms with Crippen LogP contribution >= 0.6 is 12.2 Å². The maximum atomic E-state index is 13.2. The van der Waals surface area contributed by atoms with Crippen LogP contribution < -0.4 is 11.1 Å². The van der Waals surface area contributed by atoms with Crippen molar-refractivity contribution >= 4 is 28.6 Å². The van der Waals surface area contributed by atoms with E-state index < -0.39 is 17.6 Å². The Bertz CT molecular complexity index is 685. The summed E-state index contributed by atoms with van der Waals surface area (Å²) in [5, 5.41) is 2.70. The van der Waals surface area contributed by atoms with Crippen LogP contribution in [0, 0.1) is 5.82 Å². The molecular weight excluding hydrogens is 306 g/mol. The van der Waals surface area contributed by atoms with Crippen LogP contribution in [0.3, 0.4) is 0 Å². The van der Waals surface area contributed by atoms with Crippen LogP contribution in [0.2, 0.25) is 0 Å². The molecule has 2 rings (SSSR count). The molecule has 1 aromatic heterocycles. The van der Waals surface area contributed by atoms with E-state index in [1.807, 2.05) is 0 Å². The second-order valence-electron chi connectivity index (χ2n) is 4.10. The van der Waals surface area contributed by atoms with E-state index in [4.69, 9.17) is 18.0 Å². The molecule has 0 aliphatic rings. The van der Waals surface area contributed by atoms with Gasteiger partial charge in [0.15, 0.2) is 0 Å². The van der Waals surface area contributed by atoms with Crippen LogP contribution in [-0.4, -0.2) is 9.97 Å². The number of halogens is 4. The van der Waals surface area contributed by atoms with Gasteiger partial charge in [0.1, 0.15) is 10.8 Å². The highest BCUT2D eigenvalue weighted by Gasteiger charge is 2.34. The van der Waals surface area contributed by atoms with E-state index in [-0.39, 0.29) is 10.7 Å². The summed E-state index contributed by atoms with van der Waals surface area (Å²) in [5.41, 5.74) is 4.98. The summed E-state index contributed by atoms with van der Waals surface area (Å²) in [6, 6.07) is 4.12. The number of anilines is 2. The van der Waals surface area contributed by atoms with Crippen LogP contribution in [0.5, 0.6) is 0 Å². The van der Waals surface area contributed by atoms with Crippen molar-refractivity contribution in [1.29, 1.82) is 0 Å². The molecule has 0 atom stereocenters. The molecule has 0 aliphatic carbocycles. The molecule has 0 spiro atoms. The lowest BCUT2D eigenvalue weighted by Crippen LogP contribution is -2.12. The molecule has 0 bridgehead atoms. The maximum absolute atomic E-state index is 13.2. The fraction of sp³-hybridized carbons (Fsp3) is 0.0769. The summed E-state index contributed by atoms with van der Waals surface area (Å²) in [5.74, 6) is -1.34. The molecular formula is C13H9F4N3S. The summed E-state index contributed by atoms with van der Waals surface area (Å²) in [6.45, 7) is 0. The van der Waals surface area contributed by atoms with Crippen molar-refractivity contribution in [2.75, 3.05) is 5.32 Å². The summed E-state index contributed by atoms with van der Waals surface area (Å²) in [4.78, 5) is 3.91. The minimum atomic E-state index is -4.78. The molecule has 0 aliphatic heterocycles. The largest absolute Gasteiger partial charge is 0.419 e. The number of thiocarbonyl (C=S) groups is 1. The first kappa shape index (κ1) is 15.2. The van der Waals surface area contributed by atoms with Gasteiger partial charge in [0.2, 0.25) is 0 Å². The lowest BCUT2D eigenvalue weighted by molar-refractivity contribution is -0.139. The van der Waals surface area contributed by atoms with Crippen molar-refractivity contribution in [2.45, 2.75) is 6.18 Å². The molecule has 0 saturated carbocycles. The number of pyridine rings is 1. The van der Waals surface area contributed by atoms with Gasteiger partial charge in [-0.05, 0) is 24.3 Å². The molecule has 1 aromatic carbocycles. The third-order valence-corrected chi connectivity index (χ3v) is 2.86. The normalized spacial score (nSPS) is 11.2. The molecule has 0 unspecified atom stereocenters. The van der Waals surface area contributed by atoms with Crippen molar-refractivity contribution < 1.29 is 17.6 Å². The highest BCUT2D eigenvalue weighted by Crippen LogP contribution is 2.33. The summed E-state index contributed by atoms with van der Waals surface area (Å²) in [6.07, 6.45) is -1.96. The average molecular weight is 315 g/mol. The first-order chi connectivity index (χ1) is 9.79. The number of nitrogens with one attached hydrogen (secondary N) is 1. The van der Waals surface area contributed by atoms with Gasteiger partial charge in [-0.15, -0.1) is 0 Å². The predicted molar refractivity (Wildman–Crippen MR) is 74.8 cm³/mol. The second-order valence-corrected chi connectivity index (χ2v) is 4.54. The van der Waals surface area contributed by atoms with E-state index in [1.165, 1.54) is 24.5 Å².